The predicted molar refractivity (Wildman–Crippen MR) is 107 cm³/mol. The third-order valence-electron chi connectivity index (χ3n) is 3.45. The number of benzene rings is 1. The van der Waals surface area contributed by atoms with Gasteiger partial charge in [-0.3, -0.25) is 0 Å². The van der Waals surface area contributed by atoms with Gasteiger partial charge in [-0.25, -0.2) is 0 Å². The number of thiophene rings is 2. The third-order valence-corrected chi connectivity index (χ3v) is 5.31. The molecule has 0 saturated carbocycles. The maximum absolute atomic E-state index is 2.18. The molecule has 0 bridgehead atoms. The van der Waals surface area contributed by atoms with E-state index in [1.807, 2.05) is 0 Å². The highest BCUT2D eigenvalue weighted by molar-refractivity contribution is 7.14. The topological polar surface area (TPSA) is 3.24 Å². The van der Waals surface area contributed by atoms with Crippen molar-refractivity contribution in [3.63, 3.8) is 0 Å². The molecule has 0 atom stereocenters. The van der Waals surface area contributed by atoms with Crippen LogP contribution in [0.3, 0.4) is 0 Å². The lowest BCUT2D eigenvalue weighted by Gasteiger charge is -2.11. The van der Waals surface area contributed by atoms with E-state index in [1.54, 1.807) is 22.7 Å². The van der Waals surface area contributed by atoms with Crippen LogP contribution >= 0.6 is 22.7 Å². The number of rotatable bonds is 5. The minimum atomic E-state index is 1.22. The van der Waals surface area contributed by atoms with Crippen molar-refractivity contribution in [2.24, 2.45) is 0 Å². The lowest BCUT2D eigenvalue weighted by Crippen LogP contribution is -2.07. The fraction of sp³-hybridized carbons (Fsp3) is 0.100. The number of hydrogen-bond donors (Lipinski definition) is 0. The Morgan fingerprint density at radius 2 is 1.39 bits per heavy atom. The maximum Gasteiger partial charge on any atom is 0.0361 e. The van der Waals surface area contributed by atoms with E-state index in [2.05, 4.69) is 97.2 Å². The average molecular weight is 338 g/mol. The minimum Gasteiger partial charge on any atom is -0.378 e. The lowest BCUT2D eigenvalue weighted by molar-refractivity contribution is 1.13. The Hall–Kier alpha value is -2.10. The fourth-order valence-electron chi connectivity index (χ4n) is 2.16. The van der Waals surface area contributed by atoms with E-state index in [0.29, 0.717) is 0 Å². The Kier molecular flexibility index (Phi) is 5.11. The first-order chi connectivity index (χ1) is 11.2. The van der Waals surface area contributed by atoms with E-state index in [-0.39, 0.29) is 0 Å². The van der Waals surface area contributed by atoms with Crippen LogP contribution in [0, 0.1) is 0 Å². The van der Waals surface area contributed by atoms with Crippen molar-refractivity contribution in [2.75, 3.05) is 19.0 Å². The van der Waals surface area contributed by atoms with E-state index >= 15 is 0 Å². The van der Waals surface area contributed by atoms with Gasteiger partial charge >= 0.3 is 0 Å². The van der Waals surface area contributed by atoms with Crippen molar-refractivity contribution in [2.45, 2.75) is 0 Å². The van der Waals surface area contributed by atoms with Crippen LogP contribution < -0.4 is 4.90 Å². The summed E-state index contributed by atoms with van der Waals surface area (Å²) in [5, 5.41) is 2.10. The third kappa shape index (κ3) is 4.44. The van der Waals surface area contributed by atoms with Gasteiger partial charge in [-0.05, 0) is 59.5 Å². The monoisotopic (exact) mass is 337 g/mol. The highest BCUT2D eigenvalue weighted by Gasteiger charge is 1.96. The second kappa shape index (κ2) is 7.44. The number of nitrogens with zero attached hydrogens (tertiary/aromatic N) is 1. The molecule has 0 radical (unpaired) electrons. The molecule has 2 aromatic heterocycles. The van der Waals surface area contributed by atoms with Crippen LogP contribution in [-0.2, 0) is 0 Å². The van der Waals surface area contributed by atoms with Gasteiger partial charge < -0.3 is 4.90 Å². The Labute approximate surface area is 145 Å². The Bertz CT molecular complexity index is 791. The SMILES string of the molecule is CN(C)c1ccc(/C=C/c2ccc(/C=C/c3cccs3)s2)cc1. The van der Waals surface area contributed by atoms with Crippen molar-refractivity contribution in [3.05, 3.63) is 74.1 Å². The maximum atomic E-state index is 2.18. The summed E-state index contributed by atoms with van der Waals surface area (Å²) in [6.07, 6.45) is 8.69. The molecule has 1 nitrogen and oxygen atoms in total. The summed E-state index contributed by atoms with van der Waals surface area (Å²) in [5.74, 6) is 0. The normalized spacial score (nSPS) is 11.6. The molecule has 23 heavy (non-hydrogen) atoms. The predicted octanol–water partition coefficient (Wildman–Crippen LogP) is 6.22. The van der Waals surface area contributed by atoms with Gasteiger partial charge in [-0.1, -0.05) is 24.3 Å². The smallest absolute Gasteiger partial charge is 0.0361 e. The molecule has 0 aliphatic heterocycles. The number of anilines is 1. The molecular weight excluding hydrogens is 318 g/mol. The van der Waals surface area contributed by atoms with Gasteiger partial charge in [0.15, 0.2) is 0 Å². The quantitative estimate of drug-likeness (QED) is 0.534. The second-order valence-electron chi connectivity index (χ2n) is 5.41. The van der Waals surface area contributed by atoms with Gasteiger partial charge in [-0.15, -0.1) is 22.7 Å². The lowest BCUT2D eigenvalue weighted by atomic mass is 10.2. The van der Waals surface area contributed by atoms with E-state index in [9.17, 15) is 0 Å². The first kappa shape index (κ1) is 15.8. The highest BCUT2D eigenvalue weighted by Crippen LogP contribution is 2.22. The van der Waals surface area contributed by atoms with Gasteiger partial charge in [0.25, 0.3) is 0 Å². The molecule has 3 aromatic rings. The van der Waals surface area contributed by atoms with Crippen molar-refractivity contribution in [1.29, 1.82) is 0 Å². The summed E-state index contributed by atoms with van der Waals surface area (Å²) in [4.78, 5) is 5.95. The van der Waals surface area contributed by atoms with Gasteiger partial charge in [-0.2, -0.15) is 0 Å². The van der Waals surface area contributed by atoms with E-state index < -0.39 is 0 Å². The van der Waals surface area contributed by atoms with Gasteiger partial charge in [0.05, 0.1) is 0 Å². The van der Waals surface area contributed by atoms with Crippen LogP contribution in [0.2, 0.25) is 0 Å². The zero-order chi connectivity index (χ0) is 16.1. The molecule has 0 unspecified atom stereocenters. The van der Waals surface area contributed by atoms with Crippen LogP contribution in [0.4, 0.5) is 5.69 Å². The summed E-state index contributed by atoms with van der Waals surface area (Å²) >= 11 is 3.56. The zero-order valence-electron chi connectivity index (χ0n) is 13.3. The summed E-state index contributed by atoms with van der Waals surface area (Å²) in [6, 6.07) is 17.1. The second-order valence-corrected chi connectivity index (χ2v) is 7.53. The largest absolute Gasteiger partial charge is 0.378 e. The highest BCUT2D eigenvalue weighted by atomic mass is 32.1. The average Bonchev–Trinajstić information content (AvgIpc) is 3.23. The standard InChI is InChI=1S/C20H19NS2/c1-21(2)17-8-5-16(6-9-17)7-10-19-13-14-20(23-19)12-11-18-4-3-15-22-18/h3-15H,1-2H3/b10-7+,12-11+. The van der Waals surface area contributed by atoms with Crippen LogP contribution in [0.25, 0.3) is 24.3 Å². The van der Waals surface area contributed by atoms with Crippen LogP contribution in [0.15, 0.2) is 53.9 Å². The van der Waals surface area contributed by atoms with Gasteiger partial charge in [0.1, 0.15) is 0 Å². The molecule has 2 heterocycles. The molecule has 0 amide bonds. The molecular formula is C20H19NS2. The molecule has 0 aliphatic rings. The minimum absolute atomic E-state index is 1.22. The van der Waals surface area contributed by atoms with E-state index in [0.717, 1.165) is 0 Å². The van der Waals surface area contributed by atoms with Crippen molar-refractivity contribution >= 4 is 52.7 Å². The first-order valence-corrected chi connectivity index (χ1v) is 9.17. The van der Waals surface area contributed by atoms with Crippen LogP contribution in [-0.4, -0.2) is 14.1 Å². The zero-order valence-corrected chi connectivity index (χ0v) is 14.9. The van der Waals surface area contributed by atoms with Gasteiger partial charge in [0, 0.05) is 34.4 Å². The van der Waals surface area contributed by atoms with Crippen LogP contribution in [0.5, 0.6) is 0 Å². The molecule has 0 N–H and O–H groups in total. The molecule has 0 fully saturated rings. The Balaban J connectivity index is 1.66. The van der Waals surface area contributed by atoms with Crippen molar-refractivity contribution in [1.82, 2.24) is 0 Å². The molecule has 0 aliphatic carbocycles. The van der Waals surface area contributed by atoms with Gasteiger partial charge in [0.2, 0.25) is 0 Å². The van der Waals surface area contributed by atoms with E-state index in [1.165, 1.54) is 25.9 Å². The molecule has 0 saturated heterocycles. The number of hydrogen-bond acceptors (Lipinski definition) is 3. The summed E-state index contributed by atoms with van der Waals surface area (Å²) in [7, 11) is 4.11. The summed E-state index contributed by atoms with van der Waals surface area (Å²) in [6.45, 7) is 0. The fourth-order valence-corrected chi connectivity index (χ4v) is 3.59. The van der Waals surface area contributed by atoms with Crippen molar-refractivity contribution < 1.29 is 0 Å². The molecule has 3 rings (SSSR count). The first-order valence-electron chi connectivity index (χ1n) is 7.47. The molecule has 1 aromatic carbocycles. The van der Waals surface area contributed by atoms with E-state index in [4.69, 9.17) is 0 Å². The Morgan fingerprint density at radius 1 is 0.739 bits per heavy atom. The molecule has 116 valence electrons. The molecule has 3 heteroatoms. The molecule has 0 spiro atoms. The summed E-state index contributed by atoms with van der Waals surface area (Å²) in [5.41, 5.74) is 2.44. The van der Waals surface area contributed by atoms with Crippen molar-refractivity contribution in [3.8, 4) is 0 Å². The summed E-state index contributed by atoms with van der Waals surface area (Å²) < 4.78 is 0. The van der Waals surface area contributed by atoms with Crippen LogP contribution in [0.1, 0.15) is 20.2 Å². The Morgan fingerprint density at radius 3 is 2.00 bits per heavy atom.